The van der Waals surface area contributed by atoms with Gasteiger partial charge in [-0.15, -0.1) is 0 Å². The predicted molar refractivity (Wildman–Crippen MR) is 108 cm³/mol. The minimum atomic E-state index is -0.0513. The van der Waals surface area contributed by atoms with Crippen molar-refractivity contribution in [1.82, 2.24) is 20.1 Å². The van der Waals surface area contributed by atoms with E-state index in [1.165, 1.54) is 0 Å². The second kappa shape index (κ2) is 8.35. The summed E-state index contributed by atoms with van der Waals surface area (Å²) in [5, 5.41) is 7.48. The van der Waals surface area contributed by atoms with E-state index in [0.29, 0.717) is 6.54 Å². The van der Waals surface area contributed by atoms with Crippen molar-refractivity contribution >= 4 is 5.91 Å². The van der Waals surface area contributed by atoms with Crippen LogP contribution in [0.4, 0.5) is 0 Å². The monoisotopic (exact) mass is 376 g/mol. The topological polar surface area (TPSA) is 69.0 Å². The summed E-state index contributed by atoms with van der Waals surface area (Å²) >= 11 is 0. The molecule has 0 spiro atoms. The molecule has 1 amide bonds. The minimum absolute atomic E-state index is 0.0513. The third-order valence-corrected chi connectivity index (χ3v) is 4.90. The number of nitrogens with one attached hydrogen (secondary N) is 1. The van der Waals surface area contributed by atoms with Gasteiger partial charge in [-0.25, -0.2) is 0 Å². The van der Waals surface area contributed by atoms with Crippen molar-refractivity contribution in [2.24, 2.45) is 0 Å². The molecule has 1 aliphatic rings. The molecule has 144 valence electrons. The summed E-state index contributed by atoms with van der Waals surface area (Å²) in [6, 6.07) is 14.2. The van der Waals surface area contributed by atoms with Crippen LogP contribution in [0, 0.1) is 6.92 Å². The Morgan fingerprint density at radius 3 is 2.89 bits per heavy atom. The van der Waals surface area contributed by atoms with Crippen LogP contribution in [-0.4, -0.2) is 39.9 Å². The number of aryl methyl sites for hydroxylation is 1. The number of rotatable bonds is 6. The lowest BCUT2D eigenvalue weighted by Gasteiger charge is -2.10. The Hall–Kier alpha value is -2.99. The Kier molecular flexibility index (Phi) is 5.48. The minimum Gasteiger partial charge on any atom is -0.376 e. The number of carbonyl (C=O) groups excluding carboxylic acids is 1. The maximum atomic E-state index is 12.1. The van der Waals surface area contributed by atoms with E-state index >= 15 is 0 Å². The molecule has 1 aliphatic heterocycles. The van der Waals surface area contributed by atoms with Crippen molar-refractivity contribution in [2.45, 2.75) is 32.4 Å². The van der Waals surface area contributed by atoms with E-state index < -0.39 is 0 Å². The van der Waals surface area contributed by atoms with Crippen molar-refractivity contribution in [2.75, 3.05) is 13.2 Å². The van der Waals surface area contributed by atoms with Crippen LogP contribution in [0.5, 0.6) is 0 Å². The van der Waals surface area contributed by atoms with Gasteiger partial charge in [0.2, 0.25) is 5.91 Å². The van der Waals surface area contributed by atoms with Crippen molar-refractivity contribution in [3.05, 3.63) is 60.6 Å². The van der Waals surface area contributed by atoms with Gasteiger partial charge in [-0.3, -0.25) is 14.5 Å². The summed E-state index contributed by atoms with van der Waals surface area (Å²) in [7, 11) is 0. The average molecular weight is 376 g/mol. The molecule has 28 heavy (non-hydrogen) atoms. The maximum absolute atomic E-state index is 12.1. The van der Waals surface area contributed by atoms with E-state index in [-0.39, 0.29) is 18.6 Å². The van der Waals surface area contributed by atoms with Crippen molar-refractivity contribution < 1.29 is 9.53 Å². The molecule has 0 aliphatic carbocycles. The number of nitrogens with zero attached hydrogens (tertiary/aromatic N) is 3. The first-order valence-electron chi connectivity index (χ1n) is 9.62. The Morgan fingerprint density at radius 2 is 2.11 bits per heavy atom. The number of amides is 1. The first kappa shape index (κ1) is 18.4. The highest BCUT2D eigenvalue weighted by Gasteiger charge is 2.16. The van der Waals surface area contributed by atoms with E-state index in [1.807, 2.05) is 43.6 Å². The lowest BCUT2D eigenvalue weighted by Crippen LogP contribution is -2.34. The van der Waals surface area contributed by atoms with Crippen molar-refractivity contribution in [3.63, 3.8) is 0 Å². The maximum Gasteiger partial charge on any atom is 0.241 e. The third-order valence-electron chi connectivity index (χ3n) is 4.90. The first-order chi connectivity index (χ1) is 13.7. The van der Waals surface area contributed by atoms with Gasteiger partial charge < -0.3 is 10.1 Å². The van der Waals surface area contributed by atoms with Crippen molar-refractivity contribution in [1.29, 1.82) is 0 Å². The number of hydrogen-bond acceptors (Lipinski definition) is 4. The molecule has 1 atom stereocenters. The van der Waals surface area contributed by atoms with Crippen LogP contribution >= 0.6 is 0 Å². The summed E-state index contributed by atoms with van der Waals surface area (Å²) in [6.07, 6.45) is 5.95. The van der Waals surface area contributed by atoms with E-state index in [1.54, 1.807) is 4.68 Å². The Morgan fingerprint density at radius 1 is 1.21 bits per heavy atom. The predicted octanol–water partition coefficient (Wildman–Crippen LogP) is 3.22. The molecule has 1 aromatic carbocycles. The molecule has 3 heterocycles. The zero-order valence-corrected chi connectivity index (χ0v) is 16.0. The van der Waals surface area contributed by atoms with Gasteiger partial charge in [0.15, 0.2) is 0 Å². The molecule has 0 bridgehead atoms. The number of hydrogen-bond donors (Lipinski definition) is 1. The Balaban J connectivity index is 1.41. The van der Waals surface area contributed by atoms with Crippen LogP contribution in [0.15, 0.2) is 54.9 Å². The number of ether oxygens (including phenoxy) is 1. The number of carbonyl (C=O) groups is 1. The first-order valence-corrected chi connectivity index (χ1v) is 9.62. The van der Waals surface area contributed by atoms with E-state index in [2.05, 4.69) is 33.6 Å². The summed E-state index contributed by atoms with van der Waals surface area (Å²) in [5.41, 5.74) is 5.01. The molecule has 4 rings (SSSR count). The number of aromatic nitrogens is 3. The van der Waals surface area contributed by atoms with Crippen LogP contribution in [0.3, 0.4) is 0 Å². The van der Waals surface area contributed by atoms with Gasteiger partial charge in [-0.05, 0) is 43.5 Å². The summed E-state index contributed by atoms with van der Waals surface area (Å²) in [5.74, 6) is -0.0513. The van der Waals surface area contributed by atoms with E-state index in [9.17, 15) is 4.79 Å². The SMILES string of the molecule is Cc1ccc(-c2cccc(-c3ccn(CC(=O)NC[C@@H]4CCCO4)n3)c2)cn1. The molecular weight excluding hydrogens is 352 g/mol. The average Bonchev–Trinajstić information content (AvgIpc) is 3.39. The van der Waals surface area contributed by atoms with Gasteiger partial charge in [-0.2, -0.15) is 5.10 Å². The second-order valence-electron chi connectivity index (χ2n) is 7.11. The zero-order valence-electron chi connectivity index (χ0n) is 16.0. The highest BCUT2D eigenvalue weighted by molar-refractivity contribution is 5.76. The summed E-state index contributed by atoms with van der Waals surface area (Å²) in [4.78, 5) is 16.5. The summed E-state index contributed by atoms with van der Waals surface area (Å²) in [6.45, 7) is 3.54. The third kappa shape index (κ3) is 4.46. The van der Waals surface area contributed by atoms with Gasteiger partial charge in [0.25, 0.3) is 0 Å². The van der Waals surface area contributed by atoms with Gasteiger partial charge in [0, 0.05) is 42.4 Å². The molecular formula is C22H24N4O2. The van der Waals surface area contributed by atoms with Gasteiger partial charge in [0.1, 0.15) is 6.54 Å². The van der Waals surface area contributed by atoms with Crippen LogP contribution < -0.4 is 5.32 Å². The quantitative estimate of drug-likeness (QED) is 0.717. The molecule has 2 aromatic heterocycles. The smallest absolute Gasteiger partial charge is 0.241 e. The Labute approximate surface area is 164 Å². The lowest BCUT2D eigenvalue weighted by molar-refractivity contribution is -0.122. The highest BCUT2D eigenvalue weighted by Crippen LogP contribution is 2.25. The second-order valence-corrected chi connectivity index (χ2v) is 7.11. The zero-order chi connectivity index (χ0) is 19.3. The number of pyridine rings is 1. The number of benzene rings is 1. The molecule has 1 N–H and O–H groups in total. The highest BCUT2D eigenvalue weighted by atomic mass is 16.5. The molecule has 1 fully saturated rings. The molecule has 1 saturated heterocycles. The van der Waals surface area contributed by atoms with Crippen LogP contribution in [-0.2, 0) is 16.1 Å². The van der Waals surface area contributed by atoms with Gasteiger partial charge in [-0.1, -0.05) is 24.3 Å². The largest absolute Gasteiger partial charge is 0.376 e. The van der Waals surface area contributed by atoms with Crippen LogP contribution in [0.1, 0.15) is 18.5 Å². The Bertz CT molecular complexity index is 943. The molecule has 0 radical (unpaired) electrons. The standard InChI is InChI=1S/C22H24N4O2/c1-16-7-8-19(13-23-16)17-4-2-5-18(12-17)21-9-10-26(25-21)15-22(27)24-14-20-6-3-11-28-20/h2,4-5,7-10,12-13,20H,3,6,11,14-15H2,1H3,(H,24,27)/t20-/m0/s1. The van der Waals surface area contributed by atoms with Gasteiger partial charge in [0.05, 0.1) is 11.8 Å². The fourth-order valence-corrected chi connectivity index (χ4v) is 3.34. The van der Waals surface area contributed by atoms with Crippen LogP contribution in [0.25, 0.3) is 22.4 Å². The molecule has 6 nitrogen and oxygen atoms in total. The van der Waals surface area contributed by atoms with Crippen molar-refractivity contribution in [3.8, 4) is 22.4 Å². The van der Waals surface area contributed by atoms with E-state index in [0.717, 1.165) is 47.5 Å². The molecule has 0 saturated carbocycles. The fraction of sp³-hybridized carbons (Fsp3) is 0.318. The van der Waals surface area contributed by atoms with Crippen LogP contribution in [0.2, 0.25) is 0 Å². The molecule has 0 unspecified atom stereocenters. The molecule has 6 heteroatoms. The lowest BCUT2D eigenvalue weighted by atomic mass is 10.0. The normalized spacial score (nSPS) is 16.2. The summed E-state index contributed by atoms with van der Waals surface area (Å²) < 4.78 is 7.20. The van der Waals surface area contributed by atoms with Gasteiger partial charge >= 0.3 is 0 Å². The van der Waals surface area contributed by atoms with E-state index in [4.69, 9.17) is 4.74 Å². The fourth-order valence-electron chi connectivity index (χ4n) is 3.34. The molecule has 3 aromatic rings.